The molecule has 1 aromatic carbocycles. The molecule has 1 fully saturated rings. The van der Waals surface area contributed by atoms with Gasteiger partial charge in [0.05, 0.1) is 16.9 Å². The van der Waals surface area contributed by atoms with Crippen LogP contribution in [0.15, 0.2) is 41.3 Å². The zero-order valence-electron chi connectivity index (χ0n) is 18.3. The van der Waals surface area contributed by atoms with Gasteiger partial charge >= 0.3 is 6.03 Å². The average molecular weight is 489 g/mol. The summed E-state index contributed by atoms with van der Waals surface area (Å²) < 4.78 is 0. The number of amides is 3. The molecule has 1 aromatic heterocycles. The number of rotatable bonds is 7. The normalized spacial score (nSPS) is 19.4. The van der Waals surface area contributed by atoms with Crippen LogP contribution in [-0.2, 0) is 0 Å². The van der Waals surface area contributed by atoms with Crippen molar-refractivity contribution in [1.29, 1.82) is 0 Å². The number of aromatic nitrogens is 1. The molecule has 0 aliphatic carbocycles. The average Bonchev–Trinajstić information content (AvgIpc) is 3.39. The van der Waals surface area contributed by atoms with Gasteiger partial charge in [0, 0.05) is 32.3 Å². The summed E-state index contributed by atoms with van der Waals surface area (Å²) in [5, 5.41) is 10.6. The molecule has 1 atom stereocenters. The quantitative estimate of drug-likeness (QED) is 0.472. The second kappa shape index (κ2) is 9.67. The van der Waals surface area contributed by atoms with Crippen LogP contribution in [-0.4, -0.2) is 60.0 Å². The maximum Gasteiger partial charge on any atom is 0.317 e. The van der Waals surface area contributed by atoms with Gasteiger partial charge in [-0.3, -0.25) is 4.79 Å². The van der Waals surface area contributed by atoms with E-state index in [0.29, 0.717) is 47.0 Å². The number of anilines is 1. The summed E-state index contributed by atoms with van der Waals surface area (Å²) in [5.41, 5.74) is 7.19. The van der Waals surface area contributed by atoms with E-state index in [9.17, 15) is 9.59 Å². The molecule has 12 heteroatoms. The predicted octanol–water partition coefficient (Wildman–Crippen LogP) is 2.15. The van der Waals surface area contributed by atoms with Crippen molar-refractivity contribution in [2.75, 3.05) is 31.1 Å². The Hall–Kier alpha value is -3.31. The smallest absolute Gasteiger partial charge is 0.317 e. The van der Waals surface area contributed by atoms with Crippen LogP contribution in [0.5, 0.6) is 0 Å². The SMILES string of the molecule is Cc1cccc(Cl)c1N1C(=Nc2ncc(C(N)=O)s2)C=C(NCCN2CCNC2=O)NC1C. The zero-order valence-corrected chi connectivity index (χ0v) is 19.8. The topological polar surface area (TPSA) is 128 Å². The molecule has 33 heavy (non-hydrogen) atoms. The summed E-state index contributed by atoms with van der Waals surface area (Å²) in [6, 6.07) is 5.67. The number of primary amides is 1. The summed E-state index contributed by atoms with van der Waals surface area (Å²) in [4.78, 5) is 36.3. The van der Waals surface area contributed by atoms with Crippen LogP contribution in [0.25, 0.3) is 0 Å². The van der Waals surface area contributed by atoms with Gasteiger partial charge in [-0.25, -0.2) is 14.8 Å². The molecule has 0 radical (unpaired) electrons. The Morgan fingerprint density at radius 3 is 2.94 bits per heavy atom. The number of benzene rings is 1. The number of carbonyl (C=O) groups is 2. The highest BCUT2D eigenvalue weighted by Gasteiger charge is 2.28. The highest BCUT2D eigenvalue weighted by Crippen LogP contribution is 2.33. The molecular weight excluding hydrogens is 464 g/mol. The van der Waals surface area contributed by atoms with E-state index in [1.165, 1.54) is 6.20 Å². The number of hydrogen-bond acceptors (Lipinski definition) is 7. The molecule has 1 saturated heterocycles. The number of aliphatic imine (C=N–C) groups is 1. The monoisotopic (exact) mass is 488 g/mol. The number of urea groups is 1. The van der Waals surface area contributed by atoms with Crippen molar-refractivity contribution >= 4 is 51.5 Å². The van der Waals surface area contributed by atoms with Crippen molar-refractivity contribution in [2.45, 2.75) is 20.0 Å². The van der Waals surface area contributed by atoms with Gasteiger partial charge in [-0.1, -0.05) is 35.1 Å². The molecule has 3 heterocycles. The molecule has 0 saturated carbocycles. The van der Waals surface area contributed by atoms with Crippen molar-refractivity contribution < 1.29 is 9.59 Å². The number of para-hydroxylation sites is 1. The van der Waals surface area contributed by atoms with Crippen LogP contribution < -0.4 is 26.6 Å². The molecule has 0 bridgehead atoms. The van der Waals surface area contributed by atoms with Gasteiger partial charge < -0.3 is 31.5 Å². The molecule has 5 N–H and O–H groups in total. The minimum Gasteiger partial charge on any atom is -0.370 e. The van der Waals surface area contributed by atoms with Crippen LogP contribution in [0.1, 0.15) is 22.2 Å². The third-order valence-electron chi connectivity index (χ3n) is 5.29. The van der Waals surface area contributed by atoms with E-state index in [1.54, 1.807) is 4.90 Å². The first-order chi connectivity index (χ1) is 15.8. The minimum atomic E-state index is -0.541. The molecule has 1 unspecified atom stereocenters. The Labute approximate surface area is 200 Å². The molecule has 2 aliphatic rings. The number of halogens is 1. The third kappa shape index (κ3) is 5.04. The Morgan fingerprint density at radius 2 is 2.27 bits per heavy atom. The lowest BCUT2D eigenvalue weighted by Gasteiger charge is -2.38. The van der Waals surface area contributed by atoms with E-state index in [-0.39, 0.29) is 12.2 Å². The lowest BCUT2D eigenvalue weighted by molar-refractivity contribution is 0.100. The van der Waals surface area contributed by atoms with Crippen molar-refractivity contribution in [3.63, 3.8) is 0 Å². The summed E-state index contributed by atoms with van der Waals surface area (Å²) in [5.74, 6) is 0.818. The standard InChI is InChI=1S/C21H25ClN8O2S/c1-12-4-3-5-14(22)18(12)30-13(2)27-16(24-6-8-29-9-7-25-21(29)32)10-17(30)28-20-26-11-15(33-20)19(23)31/h3-5,10-11,13,24,27H,6-9H2,1-2H3,(H2,23,31)(H,25,32). The fourth-order valence-corrected chi connectivity index (χ4v) is 4.69. The minimum absolute atomic E-state index is 0.0487. The number of amidine groups is 1. The summed E-state index contributed by atoms with van der Waals surface area (Å²) in [7, 11) is 0. The van der Waals surface area contributed by atoms with E-state index < -0.39 is 5.91 Å². The van der Waals surface area contributed by atoms with Gasteiger partial charge in [0.25, 0.3) is 5.91 Å². The Kier molecular flexibility index (Phi) is 6.70. The van der Waals surface area contributed by atoms with Gasteiger partial charge in [-0.15, -0.1) is 0 Å². The van der Waals surface area contributed by atoms with Crippen LogP contribution in [0, 0.1) is 6.92 Å². The molecule has 3 amide bonds. The van der Waals surface area contributed by atoms with E-state index in [2.05, 4.69) is 20.9 Å². The fraction of sp³-hybridized carbons (Fsp3) is 0.333. The first-order valence-corrected chi connectivity index (χ1v) is 11.7. The van der Waals surface area contributed by atoms with Crippen molar-refractivity contribution in [3.8, 4) is 0 Å². The second-order valence-corrected chi connectivity index (χ2v) is 9.06. The first-order valence-electron chi connectivity index (χ1n) is 10.5. The summed E-state index contributed by atoms with van der Waals surface area (Å²) in [6.45, 7) is 6.49. The maximum atomic E-state index is 11.8. The van der Waals surface area contributed by atoms with E-state index in [4.69, 9.17) is 22.3 Å². The maximum absolute atomic E-state index is 11.8. The fourth-order valence-electron chi connectivity index (χ4n) is 3.73. The molecular formula is C21H25ClN8O2S. The number of thiazole rings is 1. The number of carbonyl (C=O) groups excluding carboxylic acids is 2. The lowest BCUT2D eigenvalue weighted by atomic mass is 10.1. The Balaban J connectivity index is 1.64. The largest absolute Gasteiger partial charge is 0.370 e. The second-order valence-electron chi connectivity index (χ2n) is 7.64. The van der Waals surface area contributed by atoms with Gasteiger partial charge in [0.1, 0.15) is 22.7 Å². The van der Waals surface area contributed by atoms with Gasteiger partial charge in [-0.2, -0.15) is 0 Å². The number of nitrogens with one attached hydrogen (secondary N) is 3. The summed E-state index contributed by atoms with van der Waals surface area (Å²) >= 11 is 7.69. The molecule has 2 aromatic rings. The Morgan fingerprint density at radius 1 is 1.45 bits per heavy atom. The third-order valence-corrected chi connectivity index (χ3v) is 6.50. The van der Waals surface area contributed by atoms with Gasteiger partial charge in [0.2, 0.25) is 5.13 Å². The Bertz CT molecular complexity index is 1110. The zero-order chi connectivity index (χ0) is 23.5. The van der Waals surface area contributed by atoms with Crippen LogP contribution in [0.4, 0.5) is 15.6 Å². The highest BCUT2D eigenvalue weighted by atomic mass is 35.5. The number of nitrogens with two attached hydrogens (primary N) is 1. The summed E-state index contributed by atoms with van der Waals surface area (Å²) in [6.07, 6.45) is 3.09. The van der Waals surface area contributed by atoms with E-state index >= 15 is 0 Å². The van der Waals surface area contributed by atoms with Crippen LogP contribution in [0.2, 0.25) is 5.02 Å². The van der Waals surface area contributed by atoms with E-state index in [1.807, 2.05) is 43.0 Å². The van der Waals surface area contributed by atoms with Gasteiger partial charge in [-0.05, 0) is 25.5 Å². The number of nitrogens with zero attached hydrogens (tertiary/aromatic N) is 4. The predicted molar refractivity (Wildman–Crippen MR) is 130 cm³/mol. The molecule has 2 aliphatic heterocycles. The highest BCUT2D eigenvalue weighted by molar-refractivity contribution is 7.17. The molecule has 10 nitrogen and oxygen atoms in total. The van der Waals surface area contributed by atoms with Crippen molar-refractivity contribution in [3.05, 3.63) is 51.8 Å². The van der Waals surface area contributed by atoms with Crippen LogP contribution >= 0.6 is 22.9 Å². The number of hydrogen-bond donors (Lipinski definition) is 4. The molecule has 174 valence electrons. The lowest BCUT2D eigenvalue weighted by Crippen LogP contribution is -2.53. The first kappa shape index (κ1) is 22.9. The molecule has 0 spiro atoms. The van der Waals surface area contributed by atoms with Crippen molar-refractivity contribution in [2.24, 2.45) is 10.7 Å². The molecule has 4 rings (SSSR count). The van der Waals surface area contributed by atoms with Crippen molar-refractivity contribution in [1.82, 2.24) is 25.8 Å². The van der Waals surface area contributed by atoms with Crippen LogP contribution in [0.3, 0.4) is 0 Å². The van der Waals surface area contributed by atoms with E-state index in [0.717, 1.165) is 28.4 Å². The van der Waals surface area contributed by atoms with Gasteiger partial charge in [0.15, 0.2) is 0 Å². The number of aryl methyl sites for hydroxylation is 1.